The lowest BCUT2D eigenvalue weighted by Gasteiger charge is -2.23. The zero-order chi connectivity index (χ0) is 15.4. The number of aryl methyl sites for hydroxylation is 1. The number of aromatic nitrogens is 2. The summed E-state index contributed by atoms with van der Waals surface area (Å²) < 4.78 is 5.32. The lowest BCUT2D eigenvalue weighted by molar-refractivity contribution is 0.182. The average molecular weight is 300 g/mol. The second-order valence-electron chi connectivity index (χ2n) is 5.53. The number of urea groups is 1. The topological polar surface area (TPSA) is 71.3 Å². The van der Waals surface area contributed by atoms with Crippen molar-refractivity contribution in [3.8, 4) is 0 Å². The van der Waals surface area contributed by atoms with Gasteiger partial charge < -0.3 is 14.7 Å². The summed E-state index contributed by atoms with van der Waals surface area (Å²) >= 11 is 0. The molecule has 0 aliphatic carbocycles. The minimum atomic E-state index is -0.0486. The Labute approximate surface area is 129 Å². The fraction of sp³-hybridized carbons (Fsp3) is 0.438. The van der Waals surface area contributed by atoms with Crippen LogP contribution in [0.5, 0.6) is 0 Å². The zero-order valence-electron chi connectivity index (χ0n) is 12.7. The predicted octanol–water partition coefficient (Wildman–Crippen LogP) is 2.47. The van der Waals surface area contributed by atoms with E-state index in [1.54, 1.807) is 6.20 Å². The summed E-state index contributed by atoms with van der Waals surface area (Å²) in [5.74, 6) is 0.773. The monoisotopic (exact) mass is 300 g/mol. The van der Waals surface area contributed by atoms with Crippen molar-refractivity contribution >= 4 is 6.03 Å². The summed E-state index contributed by atoms with van der Waals surface area (Å²) in [5, 5.41) is 6.88. The molecule has 0 spiro atoms. The molecule has 0 bridgehead atoms. The summed E-state index contributed by atoms with van der Waals surface area (Å²) in [7, 11) is 0. The molecule has 1 fully saturated rings. The van der Waals surface area contributed by atoms with Gasteiger partial charge in [-0.25, -0.2) is 4.79 Å². The number of hydrogen-bond acceptors (Lipinski definition) is 4. The van der Waals surface area contributed by atoms with E-state index in [9.17, 15) is 4.79 Å². The highest BCUT2D eigenvalue weighted by molar-refractivity contribution is 5.75. The molecule has 2 amide bonds. The van der Waals surface area contributed by atoms with E-state index in [-0.39, 0.29) is 12.1 Å². The lowest BCUT2D eigenvalue weighted by atomic mass is 10.1. The van der Waals surface area contributed by atoms with Crippen molar-refractivity contribution in [1.82, 2.24) is 20.4 Å². The molecule has 3 rings (SSSR count). The van der Waals surface area contributed by atoms with Crippen LogP contribution in [0.15, 0.2) is 35.0 Å². The second-order valence-corrected chi connectivity index (χ2v) is 5.53. The molecule has 22 heavy (non-hydrogen) atoms. The molecule has 1 atom stereocenters. The highest BCUT2D eigenvalue weighted by Gasteiger charge is 2.32. The van der Waals surface area contributed by atoms with Crippen molar-refractivity contribution in [2.45, 2.75) is 32.2 Å². The van der Waals surface area contributed by atoms with Crippen LogP contribution in [0.3, 0.4) is 0 Å². The molecule has 1 N–H and O–H groups in total. The van der Waals surface area contributed by atoms with Crippen molar-refractivity contribution in [2.24, 2.45) is 0 Å². The van der Waals surface area contributed by atoms with E-state index in [1.165, 1.54) is 0 Å². The van der Waals surface area contributed by atoms with E-state index in [1.807, 2.05) is 36.1 Å². The van der Waals surface area contributed by atoms with Crippen LogP contribution >= 0.6 is 0 Å². The summed E-state index contributed by atoms with van der Waals surface area (Å²) in [5.41, 5.74) is 1.82. The van der Waals surface area contributed by atoms with Crippen LogP contribution in [0.4, 0.5) is 4.79 Å². The lowest BCUT2D eigenvalue weighted by Crippen LogP contribution is -2.40. The number of pyridine rings is 1. The smallest absolute Gasteiger partial charge is 0.318 e. The number of hydrogen-bond donors (Lipinski definition) is 1. The molecular formula is C16H20N4O2. The maximum atomic E-state index is 12.4. The molecule has 6 heteroatoms. The van der Waals surface area contributed by atoms with Crippen molar-refractivity contribution < 1.29 is 9.32 Å². The summed E-state index contributed by atoms with van der Waals surface area (Å²) in [6.07, 6.45) is 4.40. The third-order valence-electron chi connectivity index (χ3n) is 3.87. The highest BCUT2D eigenvalue weighted by Crippen LogP contribution is 2.32. The molecule has 2 aromatic rings. The number of likely N-dealkylation sites (tertiary alicyclic amines) is 1. The van der Waals surface area contributed by atoms with Gasteiger partial charge in [-0.1, -0.05) is 11.2 Å². The number of amides is 2. The molecule has 0 saturated carbocycles. The van der Waals surface area contributed by atoms with Gasteiger partial charge in [-0.05, 0) is 31.9 Å². The van der Waals surface area contributed by atoms with Crippen LogP contribution < -0.4 is 5.32 Å². The largest absolute Gasteiger partial charge is 0.359 e. The van der Waals surface area contributed by atoms with Crippen molar-refractivity contribution in [2.75, 3.05) is 13.1 Å². The van der Waals surface area contributed by atoms with Gasteiger partial charge in [-0.3, -0.25) is 4.98 Å². The Balaban J connectivity index is 1.55. The van der Waals surface area contributed by atoms with Crippen LogP contribution in [-0.2, 0) is 6.42 Å². The van der Waals surface area contributed by atoms with Gasteiger partial charge in [0.2, 0.25) is 0 Å². The molecular weight excluding hydrogens is 280 g/mol. The van der Waals surface area contributed by atoms with Gasteiger partial charge in [0.25, 0.3) is 0 Å². The first-order valence-corrected chi connectivity index (χ1v) is 7.61. The van der Waals surface area contributed by atoms with Gasteiger partial charge in [-0.2, -0.15) is 0 Å². The number of carbonyl (C=O) groups is 1. The number of rotatable bonds is 4. The first kappa shape index (κ1) is 14.6. The standard InChI is InChI=1S/C16H20N4O2/c1-12-11-15(22-19-12)14-6-4-10-20(14)16(21)18-9-7-13-5-2-3-8-17-13/h2-3,5,8,11,14H,4,6-7,9-10H2,1H3,(H,18,21)/t14-/m1/s1. The van der Waals surface area contributed by atoms with Crippen molar-refractivity contribution in [3.05, 3.63) is 47.6 Å². The Morgan fingerprint density at radius 1 is 1.50 bits per heavy atom. The Kier molecular flexibility index (Phi) is 4.37. The maximum absolute atomic E-state index is 12.4. The van der Waals surface area contributed by atoms with Gasteiger partial charge >= 0.3 is 6.03 Å². The predicted molar refractivity (Wildman–Crippen MR) is 81.3 cm³/mol. The molecule has 1 saturated heterocycles. The number of carbonyl (C=O) groups excluding carboxylic acids is 1. The molecule has 0 unspecified atom stereocenters. The zero-order valence-corrected chi connectivity index (χ0v) is 12.7. The van der Waals surface area contributed by atoms with E-state index in [0.29, 0.717) is 6.54 Å². The quantitative estimate of drug-likeness (QED) is 0.941. The molecule has 116 valence electrons. The average Bonchev–Trinajstić information content (AvgIpc) is 3.16. The minimum Gasteiger partial charge on any atom is -0.359 e. The van der Waals surface area contributed by atoms with Gasteiger partial charge in [0, 0.05) is 37.5 Å². The van der Waals surface area contributed by atoms with E-state index < -0.39 is 0 Å². The first-order chi connectivity index (χ1) is 10.7. The van der Waals surface area contributed by atoms with Crippen LogP contribution in [0.1, 0.15) is 36.0 Å². The summed E-state index contributed by atoms with van der Waals surface area (Å²) in [6, 6.07) is 7.65. The van der Waals surface area contributed by atoms with Crippen LogP contribution in [0.2, 0.25) is 0 Å². The van der Waals surface area contributed by atoms with Gasteiger partial charge in [0.05, 0.1) is 11.7 Å². The highest BCUT2D eigenvalue weighted by atomic mass is 16.5. The third-order valence-corrected chi connectivity index (χ3v) is 3.87. The summed E-state index contributed by atoms with van der Waals surface area (Å²) in [6.45, 7) is 3.22. The second kappa shape index (κ2) is 6.60. The Hall–Kier alpha value is -2.37. The fourth-order valence-electron chi connectivity index (χ4n) is 2.79. The van der Waals surface area contributed by atoms with E-state index in [0.717, 1.165) is 43.0 Å². The molecule has 2 aromatic heterocycles. The van der Waals surface area contributed by atoms with E-state index >= 15 is 0 Å². The molecule has 6 nitrogen and oxygen atoms in total. The van der Waals surface area contributed by atoms with Crippen LogP contribution in [-0.4, -0.2) is 34.2 Å². The number of nitrogens with one attached hydrogen (secondary N) is 1. The minimum absolute atomic E-state index is 0.00366. The molecule has 0 radical (unpaired) electrons. The SMILES string of the molecule is Cc1cc([C@H]2CCCN2C(=O)NCCc2ccccn2)on1. The Bertz CT molecular complexity index is 626. The number of nitrogens with zero attached hydrogens (tertiary/aromatic N) is 3. The Morgan fingerprint density at radius 2 is 2.41 bits per heavy atom. The first-order valence-electron chi connectivity index (χ1n) is 7.61. The summed E-state index contributed by atoms with van der Waals surface area (Å²) in [4.78, 5) is 18.4. The fourth-order valence-corrected chi connectivity index (χ4v) is 2.79. The molecule has 3 heterocycles. The third kappa shape index (κ3) is 3.27. The van der Waals surface area contributed by atoms with Gasteiger partial charge in [0.15, 0.2) is 5.76 Å². The maximum Gasteiger partial charge on any atom is 0.318 e. The van der Waals surface area contributed by atoms with Crippen molar-refractivity contribution in [1.29, 1.82) is 0 Å². The van der Waals surface area contributed by atoms with Crippen LogP contribution in [0.25, 0.3) is 0 Å². The Morgan fingerprint density at radius 3 is 3.14 bits per heavy atom. The van der Waals surface area contributed by atoms with Crippen LogP contribution in [0, 0.1) is 6.92 Å². The normalized spacial score (nSPS) is 17.7. The van der Waals surface area contributed by atoms with Gasteiger partial charge in [-0.15, -0.1) is 0 Å². The van der Waals surface area contributed by atoms with Gasteiger partial charge in [0.1, 0.15) is 0 Å². The van der Waals surface area contributed by atoms with E-state index in [4.69, 9.17) is 4.52 Å². The van der Waals surface area contributed by atoms with E-state index in [2.05, 4.69) is 15.5 Å². The molecule has 0 aromatic carbocycles. The van der Waals surface area contributed by atoms with Crippen molar-refractivity contribution in [3.63, 3.8) is 0 Å². The molecule has 1 aliphatic rings. The molecule has 1 aliphatic heterocycles.